The van der Waals surface area contributed by atoms with Gasteiger partial charge in [0, 0.05) is 0 Å². The quantitative estimate of drug-likeness (QED) is 0.0215. The Morgan fingerprint density at radius 3 is 1.19 bits per heavy atom. The molecule has 8 N–H and O–H groups in total. The standard InChI is InChI=1S/C61H119NO10/c1-3-5-7-9-11-13-15-17-19-20-21-22-23-24-25-26-27-28-29-30-31-32-33-35-36-38-40-42-44-46-48-53(64)56(66)52(51-71-61-59(69)58(68)57(67)55(50-63)72-61)62-60(70)54(65)49-47-45-43-41-39-37-34-18-16-14-12-10-8-6-4-2/h40,42,52-59,61,63-69H,3-39,41,43-51H2,1-2H3,(H,62,70)/b42-40+. The lowest BCUT2D eigenvalue weighted by molar-refractivity contribution is -0.303. The van der Waals surface area contributed by atoms with E-state index in [0.717, 1.165) is 38.5 Å². The second kappa shape index (κ2) is 50.7. The van der Waals surface area contributed by atoms with Crippen molar-refractivity contribution < 1.29 is 50.0 Å². The van der Waals surface area contributed by atoms with E-state index in [1.54, 1.807) is 0 Å². The van der Waals surface area contributed by atoms with Crippen molar-refractivity contribution >= 4 is 5.91 Å². The Balaban J connectivity index is 2.23. The van der Waals surface area contributed by atoms with Crippen LogP contribution in [0.15, 0.2) is 12.2 Å². The van der Waals surface area contributed by atoms with E-state index in [-0.39, 0.29) is 12.8 Å². The molecule has 1 rings (SSSR count). The minimum Gasteiger partial charge on any atom is -0.394 e. The highest BCUT2D eigenvalue weighted by Gasteiger charge is 2.44. The third kappa shape index (κ3) is 38.4. The molecule has 9 unspecified atom stereocenters. The average Bonchev–Trinajstić information content (AvgIpc) is 3.38. The van der Waals surface area contributed by atoms with Gasteiger partial charge in [-0.25, -0.2) is 0 Å². The fourth-order valence-corrected chi connectivity index (χ4v) is 10.3. The largest absolute Gasteiger partial charge is 0.394 e. The lowest BCUT2D eigenvalue weighted by atomic mass is 9.98. The molecule has 1 aliphatic heterocycles. The van der Waals surface area contributed by atoms with E-state index in [4.69, 9.17) is 9.47 Å². The normalized spacial score (nSPS) is 20.0. The van der Waals surface area contributed by atoms with Crippen LogP contribution in [0, 0.1) is 0 Å². The Morgan fingerprint density at radius 2 is 0.819 bits per heavy atom. The summed E-state index contributed by atoms with van der Waals surface area (Å²) in [7, 11) is 0. The molecule has 0 spiro atoms. The number of carbonyl (C=O) groups is 1. The molecule has 428 valence electrons. The predicted octanol–water partition coefficient (Wildman–Crippen LogP) is 13.5. The van der Waals surface area contributed by atoms with Gasteiger partial charge in [0.15, 0.2) is 6.29 Å². The van der Waals surface area contributed by atoms with Gasteiger partial charge in [0.2, 0.25) is 5.91 Å². The maximum absolute atomic E-state index is 13.2. The first kappa shape index (κ1) is 68.9. The number of allylic oxidation sites excluding steroid dienone is 2. The van der Waals surface area contributed by atoms with Gasteiger partial charge in [0.25, 0.3) is 0 Å². The molecular weight excluding hydrogens is 907 g/mol. The number of aliphatic hydroxyl groups excluding tert-OH is 7. The number of rotatable bonds is 54. The van der Waals surface area contributed by atoms with E-state index in [9.17, 15) is 40.5 Å². The van der Waals surface area contributed by atoms with E-state index < -0.39 is 74.2 Å². The molecule has 1 heterocycles. The molecule has 1 aliphatic rings. The lowest BCUT2D eigenvalue weighted by Gasteiger charge is -2.40. The van der Waals surface area contributed by atoms with Crippen LogP contribution in [0.4, 0.5) is 0 Å². The Labute approximate surface area is 442 Å². The van der Waals surface area contributed by atoms with E-state index in [0.29, 0.717) is 12.8 Å². The average molecular weight is 1030 g/mol. The zero-order valence-corrected chi connectivity index (χ0v) is 46.9. The zero-order valence-electron chi connectivity index (χ0n) is 46.9. The van der Waals surface area contributed by atoms with Crippen LogP contribution in [0.1, 0.15) is 303 Å². The molecule has 0 saturated carbocycles. The summed E-state index contributed by atoms with van der Waals surface area (Å²) in [4.78, 5) is 13.2. The molecule has 1 fully saturated rings. The Bertz CT molecular complexity index is 1180. The summed E-state index contributed by atoms with van der Waals surface area (Å²) in [6.45, 7) is 3.48. The monoisotopic (exact) mass is 1030 g/mol. The number of nitrogens with one attached hydrogen (secondary N) is 1. The van der Waals surface area contributed by atoms with Crippen molar-refractivity contribution in [3.05, 3.63) is 12.2 Å². The number of carbonyl (C=O) groups excluding carboxylic acids is 1. The molecule has 0 bridgehead atoms. The van der Waals surface area contributed by atoms with Gasteiger partial charge >= 0.3 is 0 Å². The number of unbranched alkanes of at least 4 members (excludes halogenated alkanes) is 40. The van der Waals surface area contributed by atoms with Crippen LogP contribution in [0.5, 0.6) is 0 Å². The summed E-state index contributed by atoms with van der Waals surface area (Å²) in [5, 5.41) is 76.1. The van der Waals surface area contributed by atoms with Crippen molar-refractivity contribution in [3.63, 3.8) is 0 Å². The number of aliphatic hydroxyl groups is 7. The molecule has 1 amide bonds. The number of hydrogen-bond acceptors (Lipinski definition) is 10. The van der Waals surface area contributed by atoms with Crippen molar-refractivity contribution in [2.45, 2.75) is 358 Å². The summed E-state index contributed by atoms with van der Waals surface area (Å²) >= 11 is 0. The van der Waals surface area contributed by atoms with E-state index in [1.807, 2.05) is 0 Å². The highest BCUT2D eigenvalue weighted by Crippen LogP contribution is 2.24. The van der Waals surface area contributed by atoms with Crippen molar-refractivity contribution in [3.8, 4) is 0 Å². The fraction of sp³-hybridized carbons (Fsp3) is 0.951. The molecule has 9 atom stereocenters. The van der Waals surface area contributed by atoms with Crippen LogP contribution in [-0.2, 0) is 14.3 Å². The summed E-state index contributed by atoms with van der Waals surface area (Å²) < 4.78 is 11.1. The molecule has 0 aromatic carbocycles. The Hall–Kier alpha value is -1.15. The third-order valence-corrected chi connectivity index (χ3v) is 15.3. The van der Waals surface area contributed by atoms with Gasteiger partial charge in [-0.2, -0.15) is 0 Å². The van der Waals surface area contributed by atoms with Gasteiger partial charge in [-0.3, -0.25) is 4.79 Å². The van der Waals surface area contributed by atoms with E-state index >= 15 is 0 Å². The number of amides is 1. The maximum Gasteiger partial charge on any atom is 0.249 e. The molecule has 0 radical (unpaired) electrons. The molecule has 0 aromatic heterocycles. The third-order valence-electron chi connectivity index (χ3n) is 15.3. The summed E-state index contributed by atoms with van der Waals surface area (Å²) in [6, 6.07) is -1.18. The predicted molar refractivity (Wildman–Crippen MR) is 298 cm³/mol. The van der Waals surface area contributed by atoms with E-state index in [1.165, 1.54) is 225 Å². The molecule has 0 aliphatic carbocycles. The second-order valence-corrected chi connectivity index (χ2v) is 22.1. The van der Waals surface area contributed by atoms with Crippen LogP contribution in [0.25, 0.3) is 0 Å². The highest BCUT2D eigenvalue weighted by molar-refractivity contribution is 5.80. The first-order valence-electron chi connectivity index (χ1n) is 31.1. The fourth-order valence-electron chi connectivity index (χ4n) is 10.3. The van der Waals surface area contributed by atoms with Crippen LogP contribution < -0.4 is 5.32 Å². The zero-order chi connectivity index (χ0) is 52.5. The van der Waals surface area contributed by atoms with Gasteiger partial charge in [-0.05, 0) is 38.5 Å². The molecule has 72 heavy (non-hydrogen) atoms. The minimum absolute atomic E-state index is 0.259. The second-order valence-electron chi connectivity index (χ2n) is 22.1. The van der Waals surface area contributed by atoms with Crippen LogP contribution >= 0.6 is 0 Å². The van der Waals surface area contributed by atoms with Crippen molar-refractivity contribution in [1.82, 2.24) is 5.32 Å². The lowest BCUT2D eigenvalue weighted by Crippen LogP contribution is -2.60. The molecule has 1 saturated heterocycles. The molecule has 11 heteroatoms. The van der Waals surface area contributed by atoms with Crippen LogP contribution in [0.3, 0.4) is 0 Å². The van der Waals surface area contributed by atoms with Crippen molar-refractivity contribution in [1.29, 1.82) is 0 Å². The first-order chi connectivity index (χ1) is 35.2. The topological polar surface area (TPSA) is 189 Å². The van der Waals surface area contributed by atoms with Gasteiger partial charge < -0.3 is 50.5 Å². The van der Waals surface area contributed by atoms with Crippen molar-refractivity contribution in [2.75, 3.05) is 13.2 Å². The number of ether oxygens (including phenoxy) is 2. The van der Waals surface area contributed by atoms with Crippen molar-refractivity contribution in [2.24, 2.45) is 0 Å². The van der Waals surface area contributed by atoms with Gasteiger partial charge in [-0.1, -0.05) is 276 Å². The smallest absolute Gasteiger partial charge is 0.249 e. The van der Waals surface area contributed by atoms with Gasteiger partial charge in [-0.15, -0.1) is 0 Å². The van der Waals surface area contributed by atoms with Crippen LogP contribution in [-0.4, -0.2) is 110 Å². The molecular formula is C61H119NO10. The summed E-state index contributed by atoms with van der Waals surface area (Å²) in [6.07, 6.45) is 48.6. The first-order valence-corrected chi connectivity index (χ1v) is 31.1. The molecule has 0 aromatic rings. The number of hydrogen-bond donors (Lipinski definition) is 8. The minimum atomic E-state index is -1.66. The van der Waals surface area contributed by atoms with Gasteiger partial charge in [0.1, 0.15) is 36.6 Å². The van der Waals surface area contributed by atoms with Crippen LogP contribution in [0.2, 0.25) is 0 Å². The Kier molecular flexibility index (Phi) is 48.4. The molecule has 11 nitrogen and oxygen atoms in total. The highest BCUT2D eigenvalue weighted by atomic mass is 16.7. The SMILES string of the molecule is CCCCCCCCCCCCCCCCCCCCCCCCCCC/C=C/CCCC(O)C(O)C(COC1OC(CO)C(O)C(O)C1O)NC(=O)C(O)CCCCCCCCCCCCCCCCC. The Morgan fingerprint density at radius 1 is 0.472 bits per heavy atom. The van der Waals surface area contributed by atoms with E-state index in [2.05, 4.69) is 31.3 Å². The summed E-state index contributed by atoms with van der Waals surface area (Å²) in [5.74, 6) is -0.701. The maximum atomic E-state index is 13.2. The van der Waals surface area contributed by atoms with Gasteiger partial charge in [0.05, 0.1) is 25.4 Å². The summed E-state index contributed by atoms with van der Waals surface area (Å²) in [5.41, 5.74) is 0.